The average molecular weight is 515 g/mol. The molecule has 10 heteroatoms. The van der Waals surface area contributed by atoms with Crippen LogP contribution in [0.4, 0.5) is 5.69 Å². The Labute approximate surface area is 219 Å². The fourth-order valence-electron chi connectivity index (χ4n) is 4.17. The van der Waals surface area contributed by atoms with Crippen molar-refractivity contribution in [2.45, 2.75) is 32.5 Å². The van der Waals surface area contributed by atoms with Gasteiger partial charge in [0.2, 0.25) is 0 Å². The maximum Gasteiger partial charge on any atom is 0.284 e. The van der Waals surface area contributed by atoms with Crippen LogP contribution in [0.5, 0.6) is 0 Å². The second-order valence-electron chi connectivity index (χ2n) is 8.93. The molecule has 0 aliphatic rings. The Morgan fingerprint density at radius 1 is 1.14 bits per heavy atom. The summed E-state index contributed by atoms with van der Waals surface area (Å²) in [6.45, 7) is 5.26. The largest absolute Gasteiger partial charge is 0.337 e. The number of nitrogens with one attached hydrogen (secondary N) is 2. The van der Waals surface area contributed by atoms with Gasteiger partial charge in [-0.25, -0.2) is 15.4 Å². The summed E-state index contributed by atoms with van der Waals surface area (Å²) < 4.78 is 4.05. The third-order valence-electron chi connectivity index (χ3n) is 6.03. The molecule has 190 valence electrons. The van der Waals surface area contributed by atoms with Crippen molar-refractivity contribution in [1.29, 1.82) is 0 Å². The highest BCUT2D eigenvalue weighted by molar-refractivity contribution is 7.11. The lowest BCUT2D eigenvalue weighted by Gasteiger charge is -2.27. The van der Waals surface area contributed by atoms with E-state index in [2.05, 4.69) is 49.4 Å². The summed E-state index contributed by atoms with van der Waals surface area (Å²) in [5, 5.41) is 10.7. The number of hydrazine groups is 1. The highest BCUT2D eigenvalue weighted by Crippen LogP contribution is 2.24. The van der Waals surface area contributed by atoms with Gasteiger partial charge in [-0.2, -0.15) is 5.10 Å². The number of amides is 1. The summed E-state index contributed by atoms with van der Waals surface area (Å²) >= 11 is 1.33. The van der Waals surface area contributed by atoms with Crippen molar-refractivity contribution in [3.63, 3.8) is 0 Å². The third-order valence-corrected chi connectivity index (χ3v) is 6.80. The second kappa shape index (κ2) is 11.9. The molecule has 0 aliphatic heterocycles. The van der Waals surface area contributed by atoms with Crippen LogP contribution in [0.25, 0.3) is 10.9 Å². The van der Waals surface area contributed by atoms with E-state index in [9.17, 15) is 4.79 Å². The van der Waals surface area contributed by atoms with Crippen LogP contribution in [-0.4, -0.2) is 49.4 Å². The van der Waals surface area contributed by atoms with E-state index in [0.717, 1.165) is 36.1 Å². The SMILES string of the molecule is CC(CNCCCn1ccnc1)NN(C(=O)c1cncs1)c1ccc2c(cnn2Cc2ccccc2)c1. The first-order valence-corrected chi connectivity index (χ1v) is 13.2. The number of fused-ring (bicyclic) bond motifs is 1. The lowest BCUT2D eigenvalue weighted by molar-refractivity contribution is 0.0973. The molecular weight excluding hydrogens is 484 g/mol. The maximum atomic E-state index is 13.4. The van der Waals surface area contributed by atoms with Gasteiger partial charge in [0.15, 0.2) is 0 Å². The number of thiazole rings is 1. The van der Waals surface area contributed by atoms with Crippen molar-refractivity contribution >= 4 is 33.8 Å². The smallest absolute Gasteiger partial charge is 0.284 e. The van der Waals surface area contributed by atoms with Gasteiger partial charge in [0.25, 0.3) is 5.91 Å². The lowest BCUT2D eigenvalue weighted by Crippen LogP contribution is -2.50. The molecule has 0 aliphatic carbocycles. The molecule has 0 saturated carbocycles. The first-order chi connectivity index (χ1) is 18.2. The molecule has 0 saturated heterocycles. The van der Waals surface area contributed by atoms with Gasteiger partial charge >= 0.3 is 0 Å². The summed E-state index contributed by atoms with van der Waals surface area (Å²) in [5.74, 6) is -0.134. The Morgan fingerprint density at radius 2 is 2.03 bits per heavy atom. The van der Waals surface area contributed by atoms with Crippen LogP contribution in [0.3, 0.4) is 0 Å². The Kier molecular flexibility index (Phi) is 7.99. The predicted molar refractivity (Wildman–Crippen MR) is 147 cm³/mol. The summed E-state index contributed by atoms with van der Waals surface area (Å²) in [4.78, 5) is 22.2. The summed E-state index contributed by atoms with van der Waals surface area (Å²) in [7, 11) is 0. The van der Waals surface area contributed by atoms with Gasteiger partial charge in [-0.15, -0.1) is 11.3 Å². The number of carbonyl (C=O) groups is 1. The zero-order valence-electron chi connectivity index (χ0n) is 20.7. The van der Waals surface area contributed by atoms with Gasteiger partial charge in [-0.05, 0) is 43.7 Å². The van der Waals surface area contributed by atoms with E-state index in [4.69, 9.17) is 0 Å². The van der Waals surface area contributed by atoms with Crippen LogP contribution in [0.1, 0.15) is 28.6 Å². The second-order valence-corrected chi connectivity index (χ2v) is 9.81. The van der Waals surface area contributed by atoms with Crippen LogP contribution in [0.2, 0.25) is 0 Å². The van der Waals surface area contributed by atoms with E-state index in [-0.39, 0.29) is 11.9 Å². The van der Waals surface area contributed by atoms with Crippen molar-refractivity contribution < 1.29 is 4.79 Å². The molecule has 2 N–H and O–H groups in total. The number of hydrogen-bond donors (Lipinski definition) is 2. The van der Waals surface area contributed by atoms with E-state index >= 15 is 0 Å². The van der Waals surface area contributed by atoms with E-state index in [1.54, 1.807) is 22.9 Å². The molecule has 3 heterocycles. The fourth-order valence-corrected chi connectivity index (χ4v) is 4.72. The predicted octanol–water partition coefficient (Wildman–Crippen LogP) is 3.96. The first kappa shape index (κ1) is 24.8. The van der Waals surface area contributed by atoms with E-state index in [1.807, 2.05) is 59.8 Å². The topological polar surface area (TPSA) is 92.9 Å². The standard InChI is InChI=1S/C27H30N8OS/c1-21(15-28-10-5-12-33-13-11-29-19-33)32-35(27(36)26-17-30-20-37-26)24-8-9-25-23(14-24)16-31-34(25)18-22-6-3-2-4-7-22/h2-4,6-9,11,13-14,16-17,19-21,28,32H,5,10,12,15,18H2,1H3. The molecule has 2 aromatic carbocycles. The minimum atomic E-state index is -0.134. The number of imidazole rings is 1. The Balaban J connectivity index is 1.27. The van der Waals surface area contributed by atoms with Gasteiger partial charge in [-0.1, -0.05) is 30.3 Å². The van der Waals surface area contributed by atoms with Crippen LogP contribution < -0.4 is 15.8 Å². The fraction of sp³-hybridized carbons (Fsp3) is 0.259. The molecule has 3 aromatic heterocycles. The summed E-state index contributed by atoms with van der Waals surface area (Å²) in [6.07, 6.45) is 10.0. The molecular formula is C27H30N8OS. The molecule has 37 heavy (non-hydrogen) atoms. The molecule has 1 amide bonds. The monoisotopic (exact) mass is 514 g/mol. The molecule has 0 radical (unpaired) electrons. The molecule has 1 atom stereocenters. The zero-order valence-corrected chi connectivity index (χ0v) is 21.5. The molecule has 0 bridgehead atoms. The molecule has 9 nitrogen and oxygen atoms in total. The van der Waals surface area contributed by atoms with Crippen molar-refractivity contribution in [3.8, 4) is 0 Å². The van der Waals surface area contributed by atoms with Crippen LogP contribution in [0, 0.1) is 0 Å². The molecule has 0 fully saturated rings. The molecule has 5 aromatic rings. The van der Waals surface area contributed by atoms with Gasteiger partial charge < -0.3 is 9.88 Å². The summed E-state index contributed by atoms with van der Waals surface area (Å²) in [5.41, 5.74) is 8.04. The van der Waals surface area contributed by atoms with Crippen molar-refractivity contribution in [2.75, 3.05) is 18.1 Å². The number of anilines is 1. The molecule has 0 spiro atoms. The highest BCUT2D eigenvalue weighted by Gasteiger charge is 2.22. The van der Waals surface area contributed by atoms with Gasteiger partial charge in [0, 0.05) is 36.9 Å². The maximum absolute atomic E-state index is 13.4. The number of benzene rings is 2. The van der Waals surface area contributed by atoms with E-state index < -0.39 is 0 Å². The Morgan fingerprint density at radius 3 is 2.81 bits per heavy atom. The van der Waals surface area contributed by atoms with Gasteiger partial charge in [0.05, 0.1) is 42.0 Å². The van der Waals surface area contributed by atoms with Gasteiger partial charge in [0.1, 0.15) is 4.88 Å². The van der Waals surface area contributed by atoms with Crippen LogP contribution in [-0.2, 0) is 13.1 Å². The lowest BCUT2D eigenvalue weighted by atomic mass is 10.2. The van der Waals surface area contributed by atoms with E-state index in [1.165, 1.54) is 16.9 Å². The highest BCUT2D eigenvalue weighted by atomic mass is 32.1. The van der Waals surface area contributed by atoms with Gasteiger partial charge in [-0.3, -0.25) is 14.5 Å². The minimum Gasteiger partial charge on any atom is -0.337 e. The number of carbonyl (C=O) groups excluding carboxylic acids is 1. The van der Waals surface area contributed by atoms with Crippen LogP contribution in [0.15, 0.2) is 85.2 Å². The quantitative estimate of drug-likeness (QED) is 0.193. The number of nitrogens with zero attached hydrogens (tertiary/aromatic N) is 6. The summed E-state index contributed by atoms with van der Waals surface area (Å²) in [6, 6.07) is 16.3. The van der Waals surface area contributed by atoms with Crippen molar-refractivity contribution in [3.05, 3.63) is 95.6 Å². The number of aromatic nitrogens is 5. The molecule has 5 rings (SSSR count). The number of rotatable bonds is 12. The number of hydrogen-bond acceptors (Lipinski definition) is 7. The normalized spacial score (nSPS) is 12.1. The van der Waals surface area contributed by atoms with Crippen LogP contribution >= 0.6 is 11.3 Å². The average Bonchev–Trinajstić information content (AvgIpc) is 3.70. The molecule has 1 unspecified atom stereocenters. The van der Waals surface area contributed by atoms with Crippen molar-refractivity contribution in [1.82, 2.24) is 35.1 Å². The zero-order chi connectivity index (χ0) is 25.5. The Bertz CT molecular complexity index is 1400. The van der Waals surface area contributed by atoms with Crippen molar-refractivity contribution in [2.24, 2.45) is 0 Å². The minimum absolute atomic E-state index is 0.0154. The number of aryl methyl sites for hydroxylation is 1. The van der Waals surface area contributed by atoms with E-state index in [0.29, 0.717) is 18.0 Å². The third kappa shape index (κ3) is 6.29. The first-order valence-electron chi connectivity index (χ1n) is 12.3. The Hall–Kier alpha value is -3.86.